The molecule has 3 rings (SSSR count). The Bertz CT molecular complexity index is 964. The number of alkyl halides is 1. The van der Waals surface area contributed by atoms with Gasteiger partial charge in [0.2, 0.25) is 5.71 Å². The van der Waals surface area contributed by atoms with E-state index in [4.69, 9.17) is 21.1 Å². The van der Waals surface area contributed by atoms with Crippen molar-refractivity contribution in [3.05, 3.63) is 41.6 Å². The molecule has 1 aromatic carbocycles. The molecule has 1 fully saturated rings. The minimum atomic E-state index is -1.80. The quantitative estimate of drug-likeness (QED) is 0.579. The van der Waals surface area contributed by atoms with Gasteiger partial charge >= 0.3 is 0 Å². The van der Waals surface area contributed by atoms with Crippen molar-refractivity contribution >= 4 is 17.2 Å². The highest BCUT2D eigenvalue weighted by Gasteiger charge is 2.35. The monoisotopic (exact) mass is 401 g/mol. The molecule has 0 spiro atoms. The van der Waals surface area contributed by atoms with Gasteiger partial charge in [0.15, 0.2) is 17.2 Å². The zero-order chi connectivity index (χ0) is 21.2. The summed E-state index contributed by atoms with van der Waals surface area (Å²) < 4.78 is 33.7. The molecule has 2 aromatic rings. The molecular weight excluding hydrogens is 378 g/mol. The van der Waals surface area contributed by atoms with Gasteiger partial charge in [0.25, 0.3) is 0 Å². The average molecular weight is 401 g/mol. The van der Waals surface area contributed by atoms with Crippen molar-refractivity contribution in [3.63, 3.8) is 0 Å². The number of nitrogens with zero attached hydrogens (tertiary/aromatic N) is 4. The van der Waals surface area contributed by atoms with Gasteiger partial charge in [-0.1, -0.05) is 0 Å². The number of nitriles is 1. The number of aromatic nitrogens is 2. The Morgan fingerprint density at radius 1 is 1.31 bits per heavy atom. The first-order valence-electron chi connectivity index (χ1n) is 9.28. The Kier molecular flexibility index (Phi) is 5.64. The van der Waals surface area contributed by atoms with Crippen LogP contribution >= 0.6 is 0 Å². The van der Waals surface area contributed by atoms with E-state index in [1.807, 2.05) is 4.90 Å². The lowest BCUT2D eigenvalue weighted by Crippen LogP contribution is -2.43. The molecule has 0 saturated carbocycles. The summed E-state index contributed by atoms with van der Waals surface area (Å²) in [6.07, 6.45) is 1.33. The number of halogens is 2. The minimum Gasteiger partial charge on any atom is -0.488 e. The Balaban J connectivity index is 1.86. The molecule has 0 atom stereocenters. The zero-order valence-electron chi connectivity index (χ0n) is 16.3. The number of nitrogen functional groups attached to an aromatic ring is 1. The molecule has 2 heterocycles. The maximum Gasteiger partial charge on any atom is 0.232 e. The van der Waals surface area contributed by atoms with Gasteiger partial charge in [-0.3, -0.25) is 5.41 Å². The van der Waals surface area contributed by atoms with Crippen LogP contribution in [0.5, 0.6) is 5.75 Å². The first-order valence-corrected chi connectivity index (χ1v) is 9.28. The molecule has 0 aliphatic carbocycles. The summed E-state index contributed by atoms with van der Waals surface area (Å²) in [4.78, 5) is 10.3. The fourth-order valence-electron chi connectivity index (χ4n) is 3.15. The fraction of sp³-hybridized carbons (Fsp3) is 0.400. The molecule has 152 valence electrons. The van der Waals surface area contributed by atoms with Gasteiger partial charge in [-0.15, -0.1) is 0 Å². The van der Waals surface area contributed by atoms with Gasteiger partial charge in [0.1, 0.15) is 23.9 Å². The topological polar surface area (TPSA) is 114 Å². The second kappa shape index (κ2) is 7.99. The maximum absolute atomic E-state index is 14.1. The fourth-order valence-corrected chi connectivity index (χ4v) is 3.15. The van der Waals surface area contributed by atoms with Gasteiger partial charge in [-0.2, -0.15) is 5.26 Å². The van der Waals surface area contributed by atoms with Crippen molar-refractivity contribution in [1.82, 2.24) is 9.97 Å². The van der Waals surface area contributed by atoms with E-state index in [1.54, 1.807) is 26.0 Å². The number of hydrogen-bond acceptors (Lipinski definition) is 6. The van der Waals surface area contributed by atoms with Crippen LogP contribution in [-0.2, 0) is 0 Å². The molecule has 29 heavy (non-hydrogen) atoms. The van der Waals surface area contributed by atoms with Crippen LogP contribution in [-0.4, -0.2) is 40.5 Å². The molecule has 0 unspecified atom stereocenters. The van der Waals surface area contributed by atoms with Crippen LogP contribution < -0.4 is 20.8 Å². The summed E-state index contributed by atoms with van der Waals surface area (Å²) in [5.41, 5.74) is 5.37. The minimum absolute atomic E-state index is 0.0493. The molecule has 0 amide bonds. The number of piperidine rings is 1. The zero-order valence-corrected chi connectivity index (χ0v) is 16.3. The summed E-state index contributed by atoms with van der Waals surface area (Å²) in [6, 6.07) is 6.01. The van der Waals surface area contributed by atoms with E-state index in [-0.39, 0.29) is 36.1 Å². The number of ether oxygens (including phenoxy) is 1. The Morgan fingerprint density at radius 3 is 2.62 bits per heavy atom. The largest absolute Gasteiger partial charge is 0.488 e. The average Bonchev–Trinajstić information content (AvgIpc) is 2.70. The number of anilines is 2. The maximum atomic E-state index is 14.1. The predicted octanol–water partition coefficient (Wildman–Crippen LogP) is 1.41. The molecule has 0 bridgehead atoms. The normalized spacial score (nSPS) is 15.8. The van der Waals surface area contributed by atoms with Crippen LogP contribution in [0.15, 0.2) is 24.5 Å². The molecular formula is C20H23F2N6O+. The van der Waals surface area contributed by atoms with Crippen LogP contribution in [0.25, 0.3) is 0 Å². The first-order chi connectivity index (χ1) is 13.7. The summed E-state index contributed by atoms with van der Waals surface area (Å²) in [6.45, 7) is 4.28. The van der Waals surface area contributed by atoms with Gasteiger partial charge in [0.05, 0.1) is 11.7 Å². The van der Waals surface area contributed by atoms with E-state index >= 15 is 0 Å². The molecule has 1 aromatic heterocycles. The summed E-state index contributed by atoms with van der Waals surface area (Å²) in [5, 5.41) is 15.2. The highest BCUT2D eigenvalue weighted by molar-refractivity contribution is 6.11. The van der Waals surface area contributed by atoms with Crippen molar-refractivity contribution < 1.29 is 18.9 Å². The van der Waals surface area contributed by atoms with Crippen molar-refractivity contribution in [3.8, 4) is 11.8 Å². The molecule has 9 heteroatoms. The number of nitrogens with two attached hydrogens (primary N) is 2. The van der Waals surface area contributed by atoms with E-state index in [2.05, 4.69) is 9.97 Å². The highest BCUT2D eigenvalue weighted by atomic mass is 19.1. The smallest absolute Gasteiger partial charge is 0.232 e. The third-order valence-electron chi connectivity index (χ3n) is 4.77. The van der Waals surface area contributed by atoms with Crippen molar-refractivity contribution in [2.75, 3.05) is 23.7 Å². The second-order valence-electron chi connectivity index (χ2n) is 7.28. The Labute approximate surface area is 167 Å². The summed E-state index contributed by atoms with van der Waals surface area (Å²) in [7, 11) is 0. The number of benzene rings is 1. The Hall–Kier alpha value is -3.28. The molecule has 4 N–H and O–H groups in total. The van der Waals surface area contributed by atoms with Crippen molar-refractivity contribution in [2.45, 2.75) is 38.5 Å². The Morgan fingerprint density at radius 2 is 2.00 bits per heavy atom. The molecule has 1 saturated heterocycles. The van der Waals surface area contributed by atoms with Gasteiger partial charge in [-0.05, 0) is 19.9 Å². The van der Waals surface area contributed by atoms with Crippen LogP contribution in [0.2, 0.25) is 0 Å². The predicted molar refractivity (Wildman–Crippen MR) is 105 cm³/mol. The lowest BCUT2D eigenvalue weighted by Gasteiger charge is -2.33. The van der Waals surface area contributed by atoms with E-state index in [1.165, 1.54) is 12.4 Å². The van der Waals surface area contributed by atoms with Gasteiger partial charge in [0, 0.05) is 43.8 Å². The SMILES string of the molecule is CC(C)Oc1cc(C(=[NH2+])c2cc(N3CCC(F)(C#N)CC3)ncn2)c(N)cc1F. The number of hydrogen-bond donors (Lipinski definition) is 2. The van der Waals surface area contributed by atoms with Crippen LogP contribution in [0, 0.1) is 17.1 Å². The van der Waals surface area contributed by atoms with Gasteiger partial charge in [-0.25, -0.2) is 18.7 Å². The van der Waals surface area contributed by atoms with Crippen LogP contribution in [0.4, 0.5) is 20.3 Å². The van der Waals surface area contributed by atoms with Crippen molar-refractivity contribution in [1.29, 1.82) is 5.26 Å². The molecule has 1 aliphatic heterocycles. The van der Waals surface area contributed by atoms with Crippen LogP contribution in [0.3, 0.4) is 0 Å². The standard InChI is InChI=1S/C20H22F2N6O/c1-12(2)29-17-7-13(15(24)8-14(17)21)19(25)16-9-18(27-11-26-16)28-5-3-20(22,10-23)4-6-28/h7-9,11-12,25H,3-6,24H2,1-2H3/p+1. The van der Waals surface area contributed by atoms with E-state index in [0.29, 0.717) is 30.2 Å². The van der Waals surface area contributed by atoms with Crippen LogP contribution in [0.1, 0.15) is 37.9 Å². The third-order valence-corrected chi connectivity index (χ3v) is 4.77. The van der Waals surface area contributed by atoms with Crippen molar-refractivity contribution in [2.24, 2.45) is 0 Å². The lowest BCUT2D eigenvalue weighted by molar-refractivity contribution is -0.111. The number of rotatable bonds is 5. The first kappa shape index (κ1) is 20.5. The summed E-state index contributed by atoms with van der Waals surface area (Å²) in [5.74, 6) is 0.0437. The molecule has 0 radical (unpaired) electrons. The van der Waals surface area contributed by atoms with E-state index in [0.717, 1.165) is 6.07 Å². The lowest BCUT2D eigenvalue weighted by atomic mass is 9.95. The van der Waals surface area contributed by atoms with E-state index in [9.17, 15) is 8.78 Å². The summed E-state index contributed by atoms with van der Waals surface area (Å²) >= 11 is 0. The van der Waals surface area contributed by atoms with Gasteiger partial charge < -0.3 is 15.4 Å². The van der Waals surface area contributed by atoms with E-state index < -0.39 is 11.5 Å². The molecule has 7 nitrogen and oxygen atoms in total. The molecule has 1 aliphatic rings. The third kappa shape index (κ3) is 4.42. The highest BCUT2D eigenvalue weighted by Crippen LogP contribution is 2.29. The second-order valence-corrected chi connectivity index (χ2v) is 7.28.